The minimum absolute atomic E-state index is 0.113. The number of benzene rings is 1. The zero-order valence-corrected chi connectivity index (χ0v) is 8.57. The smallest absolute Gasteiger partial charge is 0.334 e. The number of hydrogen-bond acceptors (Lipinski definition) is 2. The summed E-state index contributed by atoms with van der Waals surface area (Å²) in [7, 11) is 0. The van der Waals surface area contributed by atoms with Crippen LogP contribution in [0.1, 0.15) is 12.0 Å². The van der Waals surface area contributed by atoms with Gasteiger partial charge in [-0.15, -0.1) is 0 Å². The van der Waals surface area contributed by atoms with Crippen LogP contribution in [0.3, 0.4) is 0 Å². The molecule has 16 heavy (non-hydrogen) atoms. The Balaban J connectivity index is 2.43. The minimum Gasteiger partial charge on any atom is -0.478 e. The van der Waals surface area contributed by atoms with Crippen LogP contribution < -0.4 is 0 Å². The molecule has 3 nitrogen and oxygen atoms in total. The van der Waals surface area contributed by atoms with Crippen LogP contribution in [-0.4, -0.2) is 24.3 Å². The fraction of sp³-hybridized carbons (Fsp3) is 0.250. The maximum Gasteiger partial charge on any atom is 0.334 e. The number of ether oxygens (including phenoxy) is 1. The molecule has 0 amide bonds. The minimum atomic E-state index is -0.973. The molecule has 1 N–H and O–H groups in total. The highest BCUT2D eigenvalue weighted by Gasteiger charge is 2.19. The largest absolute Gasteiger partial charge is 0.478 e. The SMILES string of the molecule is O=C(O)C1=C(c2ccc(F)cc2)CCOC1. The van der Waals surface area contributed by atoms with Crippen molar-refractivity contribution in [2.45, 2.75) is 6.42 Å². The van der Waals surface area contributed by atoms with Gasteiger partial charge in [-0.1, -0.05) is 12.1 Å². The Hall–Kier alpha value is -1.68. The van der Waals surface area contributed by atoms with Gasteiger partial charge in [-0.3, -0.25) is 0 Å². The van der Waals surface area contributed by atoms with Crippen LogP contribution in [-0.2, 0) is 9.53 Å². The quantitative estimate of drug-likeness (QED) is 0.833. The molecule has 4 heteroatoms. The second-order valence-corrected chi connectivity index (χ2v) is 3.57. The van der Waals surface area contributed by atoms with Crippen molar-refractivity contribution in [3.05, 3.63) is 41.2 Å². The molecule has 0 unspecified atom stereocenters. The van der Waals surface area contributed by atoms with E-state index in [1.807, 2.05) is 0 Å². The van der Waals surface area contributed by atoms with Gasteiger partial charge in [-0.2, -0.15) is 0 Å². The number of carboxylic acid groups (broad SMARTS) is 1. The average Bonchev–Trinajstić information content (AvgIpc) is 2.30. The maximum atomic E-state index is 12.8. The molecule has 84 valence electrons. The topological polar surface area (TPSA) is 46.5 Å². The number of halogens is 1. The molecular formula is C12H11FO3. The second kappa shape index (κ2) is 4.45. The van der Waals surface area contributed by atoms with Crippen LogP contribution >= 0.6 is 0 Å². The first-order valence-electron chi connectivity index (χ1n) is 4.97. The summed E-state index contributed by atoms with van der Waals surface area (Å²) >= 11 is 0. The van der Waals surface area contributed by atoms with Crippen molar-refractivity contribution in [1.29, 1.82) is 0 Å². The van der Waals surface area contributed by atoms with Crippen LogP contribution in [0, 0.1) is 5.82 Å². The van der Waals surface area contributed by atoms with E-state index in [1.54, 1.807) is 12.1 Å². The lowest BCUT2D eigenvalue weighted by Crippen LogP contribution is -2.17. The van der Waals surface area contributed by atoms with E-state index in [-0.39, 0.29) is 18.0 Å². The van der Waals surface area contributed by atoms with Crippen LogP contribution in [0.2, 0.25) is 0 Å². The summed E-state index contributed by atoms with van der Waals surface area (Å²) in [4.78, 5) is 11.0. The first-order chi connectivity index (χ1) is 7.68. The third-order valence-corrected chi connectivity index (χ3v) is 2.56. The van der Waals surface area contributed by atoms with Gasteiger partial charge in [0.25, 0.3) is 0 Å². The molecule has 0 spiro atoms. The molecule has 1 aromatic rings. The van der Waals surface area contributed by atoms with Gasteiger partial charge in [0.2, 0.25) is 0 Å². The Morgan fingerprint density at radius 1 is 1.31 bits per heavy atom. The number of carboxylic acids is 1. The number of rotatable bonds is 2. The highest BCUT2D eigenvalue weighted by Crippen LogP contribution is 2.26. The second-order valence-electron chi connectivity index (χ2n) is 3.57. The molecule has 0 saturated heterocycles. The van der Waals surface area contributed by atoms with Crippen molar-refractivity contribution in [1.82, 2.24) is 0 Å². The van der Waals surface area contributed by atoms with Crippen LogP contribution in [0.25, 0.3) is 5.57 Å². The highest BCUT2D eigenvalue weighted by molar-refractivity contribution is 5.97. The van der Waals surface area contributed by atoms with Gasteiger partial charge >= 0.3 is 5.97 Å². The van der Waals surface area contributed by atoms with Crippen molar-refractivity contribution >= 4 is 11.5 Å². The van der Waals surface area contributed by atoms with Crippen molar-refractivity contribution in [3.8, 4) is 0 Å². The molecule has 0 saturated carbocycles. The molecule has 1 heterocycles. The van der Waals surface area contributed by atoms with E-state index < -0.39 is 5.97 Å². The lowest BCUT2D eigenvalue weighted by Gasteiger charge is -2.18. The van der Waals surface area contributed by atoms with Crippen LogP contribution in [0.5, 0.6) is 0 Å². The summed E-state index contributed by atoms with van der Waals surface area (Å²) in [6, 6.07) is 5.85. The number of aliphatic carboxylic acids is 1. The fourth-order valence-electron chi connectivity index (χ4n) is 1.75. The van der Waals surface area contributed by atoms with Gasteiger partial charge in [0, 0.05) is 0 Å². The fourth-order valence-corrected chi connectivity index (χ4v) is 1.75. The predicted octanol–water partition coefficient (Wildman–Crippen LogP) is 2.08. The summed E-state index contributed by atoms with van der Waals surface area (Å²) in [5.41, 5.74) is 1.75. The van der Waals surface area contributed by atoms with E-state index in [0.717, 1.165) is 11.1 Å². The van der Waals surface area contributed by atoms with Gasteiger partial charge in [-0.25, -0.2) is 9.18 Å². The Bertz CT molecular complexity index is 434. The Labute approximate surface area is 92.2 Å². The van der Waals surface area contributed by atoms with Gasteiger partial charge in [0.15, 0.2) is 0 Å². The van der Waals surface area contributed by atoms with Crippen LogP contribution in [0.15, 0.2) is 29.8 Å². The summed E-state index contributed by atoms with van der Waals surface area (Å²) in [5.74, 6) is -1.30. The highest BCUT2D eigenvalue weighted by atomic mass is 19.1. The van der Waals surface area contributed by atoms with Crippen molar-refractivity contribution < 1.29 is 19.0 Å². The number of carbonyl (C=O) groups is 1. The van der Waals surface area contributed by atoms with Crippen molar-refractivity contribution in [2.24, 2.45) is 0 Å². The monoisotopic (exact) mass is 222 g/mol. The first kappa shape index (κ1) is 10.8. The number of hydrogen-bond donors (Lipinski definition) is 1. The zero-order chi connectivity index (χ0) is 11.5. The summed E-state index contributed by atoms with van der Waals surface area (Å²) in [6.45, 7) is 0.617. The van der Waals surface area contributed by atoms with Gasteiger partial charge in [-0.05, 0) is 29.7 Å². The lowest BCUT2D eigenvalue weighted by atomic mass is 9.96. The molecule has 0 atom stereocenters. The third-order valence-electron chi connectivity index (χ3n) is 2.56. The van der Waals surface area contributed by atoms with E-state index in [2.05, 4.69) is 0 Å². The van der Waals surface area contributed by atoms with Gasteiger partial charge in [0.05, 0.1) is 18.8 Å². The molecule has 1 aliphatic rings. The van der Waals surface area contributed by atoms with E-state index in [9.17, 15) is 9.18 Å². The van der Waals surface area contributed by atoms with Crippen LogP contribution in [0.4, 0.5) is 4.39 Å². The van der Waals surface area contributed by atoms with E-state index in [1.165, 1.54) is 12.1 Å². The molecular weight excluding hydrogens is 211 g/mol. The Morgan fingerprint density at radius 2 is 2.00 bits per heavy atom. The lowest BCUT2D eigenvalue weighted by molar-refractivity contribution is -0.133. The Morgan fingerprint density at radius 3 is 2.62 bits per heavy atom. The Kier molecular flexibility index (Phi) is 3.01. The molecule has 2 rings (SSSR count). The molecule has 0 fully saturated rings. The van der Waals surface area contributed by atoms with E-state index in [0.29, 0.717) is 13.0 Å². The predicted molar refractivity (Wildman–Crippen MR) is 56.4 cm³/mol. The van der Waals surface area contributed by atoms with Gasteiger partial charge in [0.1, 0.15) is 5.82 Å². The maximum absolute atomic E-state index is 12.8. The molecule has 0 aromatic heterocycles. The molecule has 0 bridgehead atoms. The molecule has 1 aromatic carbocycles. The molecule has 0 radical (unpaired) electrons. The normalized spacial score (nSPS) is 16.3. The van der Waals surface area contributed by atoms with Crippen molar-refractivity contribution in [2.75, 3.05) is 13.2 Å². The summed E-state index contributed by atoms with van der Waals surface area (Å²) < 4.78 is 17.9. The zero-order valence-electron chi connectivity index (χ0n) is 8.57. The standard InChI is InChI=1S/C12H11FO3/c13-9-3-1-8(2-4-9)10-5-6-16-7-11(10)12(14)15/h1-4H,5-7H2,(H,14,15). The first-order valence-corrected chi connectivity index (χ1v) is 4.97. The van der Waals surface area contributed by atoms with E-state index >= 15 is 0 Å². The van der Waals surface area contributed by atoms with Gasteiger partial charge < -0.3 is 9.84 Å². The third kappa shape index (κ3) is 2.12. The van der Waals surface area contributed by atoms with E-state index in [4.69, 9.17) is 9.84 Å². The van der Waals surface area contributed by atoms with Crippen molar-refractivity contribution in [3.63, 3.8) is 0 Å². The molecule has 0 aliphatic carbocycles. The summed E-state index contributed by atoms with van der Waals surface area (Å²) in [6.07, 6.45) is 0.549. The molecule has 1 aliphatic heterocycles. The average molecular weight is 222 g/mol. The summed E-state index contributed by atoms with van der Waals surface area (Å²) in [5, 5.41) is 9.01.